The third-order valence-electron chi connectivity index (χ3n) is 3.74. The minimum Gasteiger partial charge on any atom is -0.478 e. The van der Waals surface area contributed by atoms with Crippen LogP contribution in [0.1, 0.15) is 21.5 Å². The van der Waals surface area contributed by atoms with Crippen molar-refractivity contribution in [1.82, 2.24) is 9.62 Å². The molecule has 0 heterocycles. The standard InChI is InChI=1S/C18H22N2O4S/c1-14-6-8-17(9-7-14)25(23,24)19-10-11-20(2)13-15-4-3-5-16(12-15)18(21)22/h3-9,12,19H,10-11,13H2,1-2H3,(H,21,22). The Labute approximate surface area is 148 Å². The molecule has 0 aliphatic heterocycles. The van der Waals surface area contributed by atoms with Crippen molar-refractivity contribution in [2.45, 2.75) is 18.4 Å². The van der Waals surface area contributed by atoms with Gasteiger partial charge in [-0.05, 0) is 43.8 Å². The minimum atomic E-state index is -3.52. The lowest BCUT2D eigenvalue weighted by atomic mass is 10.1. The van der Waals surface area contributed by atoms with E-state index in [0.717, 1.165) is 11.1 Å². The Balaban J connectivity index is 1.87. The molecule has 0 radical (unpaired) electrons. The van der Waals surface area contributed by atoms with Gasteiger partial charge in [0.05, 0.1) is 10.5 Å². The van der Waals surface area contributed by atoms with Crippen molar-refractivity contribution in [3.8, 4) is 0 Å². The molecule has 0 aliphatic carbocycles. The number of carbonyl (C=O) groups is 1. The van der Waals surface area contributed by atoms with Gasteiger partial charge in [0.2, 0.25) is 10.0 Å². The Bertz CT molecular complexity index is 832. The Kier molecular flexibility index (Phi) is 6.30. The van der Waals surface area contributed by atoms with Crippen LogP contribution in [0.15, 0.2) is 53.4 Å². The van der Waals surface area contributed by atoms with Crippen molar-refractivity contribution >= 4 is 16.0 Å². The first kappa shape index (κ1) is 19.1. The number of benzene rings is 2. The molecule has 0 unspecified atom stereocenters. The van der Waals surface area contributed by atoms with E-state index >= 15 is 0 Å². The molecule has 6 nitrogen and oxygen atoms in total. The molecule has 0 saturated heterocycles. The lowest BCUT2D eigenvalue weighted by Crippen LogP contribution is -2.32. The second-order valence-corrected chi connectivity index (χ2v) is 7.72. The lowest BCUT2D eigenvalue weighted by molar-refractivity contribution is 0.0696. The number of hydrogen-bond donors (Lipinski definition) is 2. The number of likely N-dealkylation sites (N-methyl/N-ethyl adjacent to an activating group) is 1. The van der Waals surface area contributed by atoms with Crippen molar-refractivity contribution in [2.75, 3.05) is 20.1 Å². The normalized spacial score (nSPS) is 11.6. The third-order valence-corrected chi connectivity index (χ3v) is 5.22. The van der Waals surface area contributed by atoms with E-state index in [2.05, 4.69) is 4.72 Å². The number of rotatable bonds is 8. The molecule has 0 saturated carbocycles. The van der Waals surface area contributed by atoms with Crippen molar-refractivity contribution in [3.05, 3.63) is 65.2 Å². The van der Waals surface area contributed by atoms with Crippen molar-refractivity contribution in [1.29, 1.82) is 0 Å². The molecule has 0 atom stereocenters. The average Bonchev–Trinajstić information content (AvgIpc) is 2.55. The Morgan fingerprint density at radius 3 is 2.48 bits per heavy atom. The molecule has 2 aromatic rings. The zero-order valence-corrected chi connectivity index (χ0v) is 15.1. The minimum absolute atomic E-state index is 0.242. The van der Waals surface area contributed by atoms with Crippen LogP contribution in [0.2, 0.25) is 0 Å². The van der Waals surface area contributed by atoms with Crippen molar-refractivity contribution < 1.29 is 18.3 Å². The van der Waals surface area contributed by atoms with E-state index in [1.54, 1.807) is 42.5 Å². The Morgan fingerprint density at radius 2 is 1.84 bits per heavy atom. The van der Waals surface area contributed by atoms with Crippen LogP contribution >= 0.6 is 0 Å². The van der Waals surface area contributed by atoms with Crippen LogP contribution in [0, 0.1) is 6.92 Å². The van der Waals surface area contributed by atoms with Gasteiger partial charge in [0.15, 0.2) is 0 Å². The fraction of sp³-hybridized carbons (Fsp3) is 0.278. The van der Waals surface area contributed by atoms with E-state index in [4.69, 9.17) is 5.11 Å². The van der Waals surface area contributed by atoms with E-state index in [-0.39, 0.29) is 17.0 Å². The topological polar surface area (TPSA) is 86.7 Å². The summed E-state index contributed by atoms with van der Waals surface area (Å²) >= 11 is 0. The van der Waals surface area contributed by atoms with E-state index in [0.29, 0.717) is 13.1 Å². The highest BCUT2D eigenvalue weighted by Crippen LogP contribution is 2.10. The average molecular weight is 362 g/mol. The molecule has 0 aliphatic rings. The number of carboxylic acid groups (broad SMARTS) is 1. The van der Waals surface area contributed by atoms with Gasteiger partial charge in [-0.2, -0.15) is 0 Å². The number of carboxylic acids is 1. The molecule has 7 heteroatoms. The van der Waals surface area contributed by atoms with E-state index < -0.39 is 16.0 Å². The molecule has 0 amide bonds. The fourth-order valence-corrected chi connectivity index (χ4v) is 3.39. The molecule has 134 valence electrons. The monoisotopic (exact) mass is 362 g/mol. The predicted molar refractivity (Wildman–Crippen MR) is 96.1 cm³/mol. The highest BCUT2D eigenvalue weighted by atomic mass is 32.2. The van der Waals surface area contributed by atoms with Gasteiger partial charge in [-0.25, -0.2) is 17.9 Å². The first-order valence-corrected chi connectivity index (χ1v) is 9.33. The first-order chi connectivity index (χ1) is 11.8. The predicted octanol–water partition coefficient (Wildman–Crippen LogP) is 2.10. The molecule has 0 fully saturated rings. The van der Waals surface area contributed by atoms with Crippen molar-refractivity contribution in [3.63, 3.8) is 0 Å². The number of aromatic carboxylic acids is 1. The van der Waals surface area contributed by atoms with Gasteiger partial charge in [-0.3, -0.25) is 0 Å². The van der Waals surface area contributed by atoms with E-state index in [1.165, 1.54) is 0 Å². The third kappa shape index (κ3) is 5.67. The molecular formula is C18H22N2O4S. The molecule has 0 spiro atoms. The quantitative estimate of drug-likeness (QED) is 0.751. The molecule has 25 heavy (non-hydrogen) atoms. The van der Waals surface area contributed by atoms with Gasteiger partial charge in [0, 0.05) is 19.6 Å². The number of nitrogens with zero attached hydrogens (tertiary/aromatic N) is 1. The summed E-state index contributed by atoms with van der Waals surface area (Å²) < 4.78 is 27.0. The SMILES string of the molecule is Cc1ccc(S(=O)(=O)NCCN(C)Cc2cccc(C(=O)O)c2)cc1. The van der Waals surface area contributed by atoms with Crippen LogP contribution in [0.5, 0.6) is 0 Å². The second-order valence-electron chi connectivity index (χ2n) is 5.95. The summed E-state index contributed by atoms with van der Waals surface area (Å²) in [6.07, 6.45) is 0. The van der Waals surface area contributed by atoms with Gasteiger partial charge < -0.3 is 10.0 Å². The van der Waals surface area contributed by atoms with Crippen molar-refractivity contribution in [2.24, 2.45) is 0 Å². The molecule has 2 N–H and O–H groups in total. The molecule has 2 rings (SSSR count). The smallest absolute Gasteiger partial charge is 0.335 e. The molecule has 0 aromatic heterocycles. The van der Waals surface area contributed by atoms with Crippen LogP contribution < -0.4 is 4.72 Å². The van der Waals surface area contributed by atoms with Crippen LogP contribution in [-0.2, 0) is 16.6 Å². The summed E-state index contributed by atoms with van der Waals surface area (Å²) in [5, 5.41) is 9.01. The van der Waals surface area contributed by atoms with Gasteiger partial charge in [0.1, 0.15) is 0 Å². The second kappa shape index (κ2) is 8.24. The van der Waals surface area contributed by atoms with Crippen LogP contribution in [0.4, 0.5) is 0 Å². The summed E-state index contributed by atoms with van der Waals surface area (Å²) in [4.78, 5) is 13.2. The Hall–Kier alpha value is -2.22. The number of aryl methyl sites for hydroxylation is 1. The summed E-state index contributed by atoms with van der Waals surface area (Å²) in [6, 6.07) is 13.4. The molecule has 2 aromatic carbocycles. The maximum atomic E-state index is 12.2. The zero-order chi connectivity index (χ0) is 18.4. The lowest BCUT2D eigenvalue weighted by Gasteiger charge is -2.17. The zero-order valence-electron chi connectivity index (χ0n) is 14.3. The van der Waals surface area contributed by atoms with Crippen LogP contribution in [0.25, 0.3) is 0 Å². The summed E-state index contributed by atoms with van der Waals surface area (Å²) in [5.41, 5.74) is 2.11. The van der Waals surface area contributed by atoms with Crippen LogP contribution in [0.3, 0.4) is 0 Å². The summed E-state index contributed by atoms with van der Waals surface area (Å²) in [7, 11) is -1.66. The molecule has 0 bridgehead atoms. The number of sulfonamides is 1. The fourth-order valence-electron chi connectivity index (χ4n) is 2.37. The number of hydrogen-bond acceptors (Lipinski definition) is 4. The van der Waals surface area contributed by atoms with Gasteiger partial charge in [0.25, 0.3) is 0 Å². The van der Waals surface area contributed by atoms with Gasteiger partial charge in [-0.1, -0.05) is 29.8 Å². The highest BCUT2D eigenvalue weighted by molar-refractivity contribution is 7.89. The van der Waals surface area contributed by atoms with Gasteiger partial charge >= 0.3 is 5.97 Å². The maximum absolute atomic E-state index is 12.2. The first-order valence-electron chi connectivity index (χ1n) is 7.85. The molecular weight excluding hydrogens is 340 g/mol. The summed E-state index contributed by atoms with van der Waals surface area (Å²) in [6.45, 7) is 3.21. The Morgan fingerprint density at radius 1 is 1.16 bits per heavy atom. The highest BCUT2D eigenvalue weighted by Gasteiger charge is 2.13. The largest absolute Gasteiger partial charge is 0.478 e. The number of nitrogens with one attached hydrogen (secondary N) is 1. The van der Waals surface area contributed by atoms with Gasteiger partial charge in [-0.15, -0.1) is 0 Å². The van der Waals surface area contributed by atoms with Crippen LogP contribution in [-0.4, -0.2) is 44.5 Å². The van der Waals surface area contributed by atoms with E-state index in [9.17, 15) is 13.2 Å². The maximum Gasteiger partial charge on any atom is 0.335 e. The summed E-state index contributed by atoms with van der Waals surface area (Å²) in [5.74, 6) is -0.963. The van der Waals surface area contributed by atoms with E-state index in [1.807, 2.05) is 24.9 Å².